The Kier molecular flexibility index (Phi) is 2.85. The van der Waals surface area contributed by atoms with E-state index >= 15 is 0 Å². The van der Waals surface area contributed by atoms with Gasteiger partial charge in [-0.15, -0.1) is 0 Å². The summed E-state index contributed by atoms with van der Waals surface area (Å²) in [6.07, 6.45) is 3.95. The third-order valence-corrected chi connectivity index (χ3v) is 4.36. The number of hydrogen-bond donors (Lipinski definition) is 3. The first-order valence-corrected chi connectivity index (χ1v) is 7.15. The van der Waals surface area contributed by atoms with Crippen molar-refractivity contribution in [1.29, 1.82) is 0 Å². The van der Waals surface area contributed by atoms with E-state index in [4.69, 9.17) is 0 Å². The predicted molar refractivity (Wildman–Crippen MR) is 76.0 cm³/mol. The van der Waals surface area contributed by atoms with Gasteiger partial charge in [0.1, 0.15) is 11.5 Å². The maximum Gasteiger partial charge on any atom is 0.128 e. The molecule has 3 rings (SSSR count). The molecule has 0 spiro atoms. The summed E-state index contributed by atoms with van der Waals surface area (Å²) >= 11 is 4.39. The van der Waals surface area contributed by atoms with E-state index in [1.165, 1.54) is 0 Å². The molecule has 0 aliphatic carbocycles. The smallest absolute Gasteiger partial charge is 0.128 e. The third-order valence-electron chi connectivity index (χ3n) is 4.10. The fourth-order valence-electron chi connectivity index (χ4n) is 3.32. The fraction of sp³-hybridized carbons (Fsp3) is 0.571. The van der Waals surface area contributed by atoms with Crippen LogP contribution < -0.4 is 4.90 Å². The quantitative estimate of drug-likeness (QED) is 0.684. The van der Waals surface area contributed by atoms with Gasteiger partial charge >= 0.3 is 0 Å². The van der Waals surface area contributed by atoms with Crippen LogP contribution in [0.15, 0.2) is 0 Å². The van der Waals surface area contributed by atoms with Crippen molar-refractivity contribution in [2.24, 2.45) is 0 Å². The van der Waals surface area contributed by atoms with Crippen LogP contribution in [0.3, 0.4) is 0 Å². The number of aromatic hydroxyl groups is 2. The van der Waals surface area contributed by atoms with Gasteiger partial charge in [-0.25, -0.2) is 0 Å². The van der Waals surface area contributed by atoms with Crippen molar-refractivity contribution in [2.75, 3.05) is 18.0 Å². The first kappa shape index (κ1) is 12.0. The molecule has 98 valence electrons. The van der Waals surface area contributed by atoms with E-state index in [0.29, 0.717) is 5.56 Å². The molecule has 0 saturated carbocycles. The molecular formula is C14H19NO2S. The van der Waals surface area contributed by atoms with E-state index in [-0.39, 0.29) is 16.7 Å². The molecule has 0 radical (unpaired) electrons. The molecule has 0 fully saturated rings. The van der Waals surface area contributed by atoms with Gasteiger partial charge in [0.15, 0.2) is 0 Å². The highest BCUT2D eigenvalue weighted by Crippen LogP contribution is 2.50. The summed E-state index contributed by atoms with van der Waals surface area (Å²) in [5.41, 5.74) is 3.74. The molecule has 2 N–H and O–H groups in total. The van der Waals surface area contributed by atoms with Gasteiger partial charge in [0.25, 0.3) is 0 Å². The second kappa shape index (κ2) is 4.26. The van der Waals surface area contributed by atoms with Crippen LogP contribution in [0.1, 0.15) is 41.7 Å². The molecule has 1 aromatic carbocycles. The molecule has 1 aromatic rings. The van der Waals surface area contributed by atoms with E-state index in [0.717, 1.165) is 55.6 Å². The molecule has 0 aromatic heterocycles. The van der Waals surface area contributed by atoms with Crippen molar-refractivity contribution in [1.82, 2.24) is 0 Å². The molecule has 18 heavy (non-hydrogen) atoms. The van der Waals surface area contributed by atoms with E-state index in [1.54, 1.807) is 0 Å². The van der Waals surface area contributed by atoms with Crippen LogP contribution in [0.2, 0.25) is 0 Å². The summed E-state index contributed by atoms with van der Waals surface area (Å²) in [6, 6.07) is 0. The van der Waals surface area contributed by atoms with Crippen LogP contribution in [0, 0.1) is 0 Å². The number of hydrogen-bond acceptors (Lipinski definition) is 4. The molecule has 4 heteroatoms. The molecule has 1 unspecified atom stereocenters. The second-order valence-corrected chi connectivity index (χ2v) is 6.06. The summed E-state index contributed by atoms with van der Waals surface area (Å²) in [6.45, 7) is 3.96. The van der Waals surface area contributed by atoms with Crippen LogP contribution in [-0.2, 0) is 12.8 Å². The predicted octanol–water partition coefficient (Wildman–Crippen LogP) is 2.79. The van der Waals surface area contributed by atoms with Crippen molar-refractivity contribution in [3.63, 3.8) is 0 Å². The Balaban J connectivity index is 2.30. The van der Waals surface area contributed by atoms with Crippen molar-refractivity contribution in [3.8, 4) is 11.5 Å². The van der Waals surface area contributed by atoms with Crippen LogP contribution >= 0.6 is 12.6 Å². The average Bonchev–Trinajstić information content (AvgIpc) is 2.35. The summed E-state index contributed by atoms with van der Waals surface area (Å²) in [7, 11) is 0. The summed E-state index contributed by atoms with van der Waals surface area (Å²) in [4.78, 5) is 2.31. The maximum absolute atomic E-state index is 10.4. The Hall–Kier alpha value is -1.03. The Labute approximate surface area is 113 Å². The normalized spacial score (nSPS) is 19.6. The molecule has 2 heterocycles. The number of phenols is 2. The van der Waals surface area contributed by atoms with Gasteiger partial charge in [0.05, 0.1) is 5.69 Å². The number of nitrogens with zero attached hydrogens (tertiary/aromatic N) is 1. The van der Waals surface area contributed by atoms with Crippen LogP contribution in [-0.4, -0.2) is 23.3 Å². The van der Waals surface area contributed by atoms with Gasteiger partial charge in [-0.1, -0.05) is 0 Å². The van der Waals surface area contributed by atoms with Crippen molar-refractivity contribution in [3.05, 3.63) is 16.7 Å². The number of phenolic OH excluding ortho intramolecular Hbond substituents is 2. The fourth-order valence-corrected chi connectivity index (χ4v) is 3.57. The maximum atomic E-state index is 10.4. The third kappa shape index (κ3) is 1.58. The Morgan fingerprint density at radius 3 is 2.00 bits per heavy atom. The van der Waals surface area contributed by atoms with E-state index in [9.17, 15) is 10.2 Å². The topological polar surface area (TPSA) is 43.7 Å². The number of anilines is 1. The lowest BCUT2D eigenvalue weighted by Gasteiger charge is -2.38. The van der Waals surface area contributed by atoms with Gasteiger partial charge in [0.2, 0.25) is 0 Å². The Bertz CT molecular complexity index is 462. The molecule has 2 aliphatic heterocycles. The lowest BCUT2D eigenvalue weighted by Crippen LogP contribution is -2.34. The molecule has 2 aliphatic rings. The van der Waals surface area contributed by atoms with Gasteiger partial charge in [-0.3, -0.25) is 0 Å². The lowest BCUT2D eigenvalue weighted by molar-refractivity contribution is 0.423. The molecule has 1 atom stereocenters. The highest BCUT2D eigenvalue weighted by molar-refractivity contribution is 7.80. The highest BCUT2D eigenvalue weighted by atomic mass is 32.1. The average molecular weight is 265 g/mol. The first-order chi connectivity index (χ1) is 8.61. The molecule has 3 nitrogen and oxygen atoms in total. The molecule has 0 saturated heterocycles. The van der Waals surface area contributed by atoms with Gasteiger partial charge in [0, 0.05) is 35.0 Å². The highest BCUT2D eigenvalue weighted by Gasteiger charge is 2.31. The molecular weight excluding hydrogens is 246 g/mol. The van der Waals surface area contributed by atoms with Gasteiger partial charge in [-0.05, 0) is 32.6 Å². The van der Waals surface area contributed by atoms with Crippen LogP contribution in [0.5, 0.6) is 11.5 Å². The zero-order chi connectivity index (χ0) is 12.9. The Morgan fingerprint density at radius 1 is 1.06 bits per heavy atom. The van der Waals surface area contributed by atoms with Crippen molar-refractivity contribution in [2.45, 2.75) is 37.9 Å². The summed E-state index contributed by atoms with van der Waals surface area (Å²) in [5.74, 6) is 0.528. The largest absolute Gasteiger partial charge is 0.507 e. The minimum Gasteiger partial charge on any atom is -0.507 e. The van der Waals surface area contributed by atoms with E-state index in [1.807, 2.05) is 6.92 Å². The minimum atomic E-state index is -0.149. The van der Waals surface area contributed by atoms with E-state index in [2.05, 4.69) is 17.5 Å². The minimum absolute atomic E-state index is 0.149. The summed E-state index contributed by atoms with van der Waals surface area (Å²) in [5, 5.41) is 20.7. The lowest BCUT2D eigenvalue weighted by atomic mass is 9.87. The number of rotatable bonds is 1. The van der Waals surface area contributed by atoms with Crippen LogP contribution in [0.25, 0.3) is 0 Å². The van der Waals surface area contributed by atoms with Crippen molar-refractivity contribution < 1.29 is 10.2 Å². The zero-order valence-corrected chi connectivity index (χ0v) is 11.5. The Morgan fingerprint density at radius 2 is 1.56 bits per heavy atom. The summed E-state index contributed by atoms with van der Waals surface area (Å²) < 4.78 is 0. The standard InChI is InChI=1S/C14H19NO2S/c1-8(18)11-13(16)9-4-2-6-15-7-3-5-10(12(9)15)14(11)17/h8,16-18H,2-7H2,1H3. The number of benzene rings is 1. The molecule has 0 bridgehead atoms. The zero-order valence-electron chi connectivity index (χ0n) is 10.6. The van der Waals surface area contributed by atoms with Crippen LogP contribution in [0.4, 0.5) is 5.69 Å². The van der Waals surface area contributed by atoms with Gasteiger partial charge in [-0.2, -0.15) is 12.6 Å². The van der Waals surface area contributed by atoms with E-state index < -0.39 is 0 Å². The van der Waals surface area contributed by atoms with Crippen molar-refractivity contribution >= 4 is 18.3 Å². The molecule has 0 amide bonds. The SMILES string of the molecule is CC(S)c1c(O)c2c3c(c1O)CCCN3CCC2. The first-order valence-electron chi connectivity index (χ1n) is 6.63. The van der Waals surface area contributed by atoms with Gasteiger partial charge < -0.3 is 15.1 Å². The number of thiol groups is 1. The monoisotopic (exact) mass is 265 g/mol. The second-order valence-electron chi connectivity index (χ2n) is 5.29.